The van der Waals surface area contributed by atoms with Crippen LogP contribution in [0.4, 0.5) is 4.39 Å². The van der Waals surface area contributed by atoms with Gasteiger partial charge in [0.2, 0.25) is 5.76 Å². The van der Waals surface area contributed by atoms with Gasteiger partial charge in [-0.15, -0.1) is 0 Å². The molecule has 0 N–H and O–H groups in total. The van der Waals surface area contributed by atoms with Gasteiger partial charge in [0.05, 0.1) is 18.6 Å². The molecule has 3 aromatic rings. The number of carbonyl (C=O) groups is 1. The zero-order valence-electron chi connectivity index (χ0n) is 13.0. The van der Waals surface area contributed by atoms with Crippen molar-refractivity contribution >= 4 is 17.7 Å². The van der Waals surface area contributed by atoms with Crippen molar-refractivity contribution in [2.24, 2.45) is 0 Å². The summed E-state index contributed by atoms with van der Waals surface area (Å²) in [6.07, 6.45) is 1.59. The Kier molecular flexibility index (Phi) is 4.71. The molecule has 0 aliphatic heterocycles. The van der Waals surface area contributed by atoms with Crippen molar-refractivity contribution in [3.8, 4) is 11.3 Å². The lowest BCUT2D eigenvalue weighted by Gasteiger charge is -2.04. The molecule has 0 amide bonds. The van der Waals surface area contributed by atoms with Crippen molar-refractivity contribution < 1.29 is 22.8 Å². The van der Waals surface area contributed by atoms with Gasteiger partial charge in [-0.3, -0.25) is 0 Å². The SMILES string of the molecule is COC(=O)c1ccc(C(C)Sc2ncc(-c3ccc(F)cc3)o2)o1. The van der Waals surface area contributed by atoms with Gasteiger partial charge in [-0.05, 0) is 43.3 Å². The summed E-state index contributed by atoms with van der Waals surface area (Å²) >= 11 is 1.35. The molecular formula is C17H14FNO4S. The molecule has 0 saturated carbocycles. The molecule has 2 aromatic heterocycles. The van der Waals surface area contributed by atoms with Crippen LogP contribution < -0.4 is 0 Å². The predicted molar refractivity (Wildman–Crippen MR) is 86.2 cm³/mol. The van der Waals surface area contributed by atoms with Crippen LogP contribution in [0.15, 0.2) is 56.7 Å². The van der Waals surface area contributed by atoms with Crippen LogP contribution in [-0.4, -0.2) is 18.1 Å². The van der Waals surface area contributed by atoms with Crippen molar-refractivity contribution in [1.29, 1.82) is 0 Å². The van der Waals surface area contributed by atoms with Gasteiger partial charge in [-0.25, -0.2) is 14.2 Å². The lowest BCUT2D eigenvalue weighted by atomic mass is 10.2. The lowest BCUT2D eigenvalue weighted by Crippen LogP contribution is -1.98. The average Bonchev–Trinajstić information content (AvgIpc) is 3.24. The maximum atomic E-state index is 13.0. The van der Waals surface area contributed by atoms with Crippen LogP contribution in [0, 0.1) is 5.82 Å². The Balaban J connectivity index is 1.71. The number of benzene rings is 1. The summed E-state index contributed by atoms with van der Waals surface area (Å²) in [5, 5.41) is 0.348. The highest BCUT2D eigenvalue weighted by atomic mass is 32.2. The summed E-state index contributed by atoms with van der Waals surface area (Å²) in [4.78, 5) is 15.6. The van der Waals surface area contributed by atoms with E-state index in [0.717, 1.165) is 5.56 Å². The van der Waals surface area contributed by atoms with Crippen LogP contribution in [0.25, 0.3) is 11.3 Å². The first kappa shape index (κ1) is 16.3. The van der Waals surface area contributed by atoms with Gasteiger partial charge in [0.25, 0.3) is 5.22 Å². The Hall–Kier alpha value is -2.54. The molecular weight excluding hydrogens is 333 g/mol. The second-order valence-electron chi connectivity index (χ2n) is 4.95. The highest BCUT2D eigenvalue weighted by molar-refractivity contribution is 7.99. The molecule has 0 fully saturated rings. The third kappa shape index (κ3) is 3.51. The minimum Gasteiger partial charge on any atom is -0.463 e. The number of thioether (sulfide) groups is 1. The topological polar surface area (TPSA) is 65.5 Å². The molecule has 1 aromatic carbocycles. The number of hydrogen-bond donors (Lipinski definition) is 0. The van der Waals surface area contributed by atoms with E-state index in [1.807, 2.05) is 6.92 Å². The third-order valence-electron chi connectivity index (χ3n) is 3.30. The fourth-order valence-electron chi connectivity index (χ4n) is 2.05. The number of methoxy groups -OCH3 is 1. The van der Waals surface area contributed by atoms with Crippen molar-refractivity contribution in [3.05, 3.63) is 59.9 Å². The van der Waals surface area contributed by atoms with E-state index in [-0.39, 0.29) is 16.8 Å². The number of aromatic nitrogens is 1. The lowest BCUT2D eigenvalue weighted by molar-refractivity contribution is 0.0563. The zero-order chi connectivity index (χ0) is 17.1. The van der Waals surface area contributed by atoms with E-state index in [1.54, 1.807) is 30.5 Å². The second-order valence-corrected chi connectivity index (χ2v) is 6.24. The number of oxazole rings is 1. The molecule has 0 spiro atoms. The molecule has 24 heavy (non-hydrogen) atoms. The molecule has 0 radical (unpaired) electrons. The number of halogens is 1. The number of esters is 1. The summed E-state index contributed by atoms with van der Waals surface area (Å²) in [6, 6.07) is 9.27. The Morgan fingerprint density at radius 1 is 1.21 bits per heavy atom. The van der Waals surface area contributed by atoms with Crippen molar-refractivity contribution in [2.45, 2.75) is 17.4 Å². The Labute approximate surface area is 141 Å². The maximum Gasteiger partial charge on any atom is 0.373 e. The minimum atomic E-state index is -0.520. The molecule has 0 bridgehead atoms. The van der Waals surface area contributed by atoms with E-state index in [2.05, 4.69) is 9.72 Å². The van der Waals surface area contributed by atoms with Gasteiger partial charge in [-0.2, -0.15) is 0 Å². The summed E-state index contributed by atoms with van der Waals surface area (Å²) < 4.78 is 28.7. The van der Waals surface area contributed by atoms with E-state index in [0.29, 0.717) is 16.7 Å². The number of hydrogen-bond acceptors (Lipinski definition) is 6. The van der Waals surface area contributed by atoms with Crippen molar-refractivity contribution in [2.75, 3.05) is 7.11 Å². The van der Waals surface area contributed by atoms with Crippen LogP contribution in [0.2, 0.25) is 0 Å². The quantitative estimate of drug-likeness (QED) is 0.492. The molecule has 0 aliphatic rings. The van der Waals surface area contributed by atoms with Gasteiger partial charge in [0.1, 0.15) is 11.6 Å². The molecule has 5 nitrogen and oxygen atoms in total. The summed E-state index contributed by atoms with van der Waals surface area (Å²) in [5.41, 5.74) is 0.745. The Morgan fingerprint density at radius 2 is 1.96 bits per heavy atom. The smallest absolute Gasteiger partial charge is 0.373 e. The standard InChI is InChI=1S/C17H14FNO4S/c1-10(13-7-8-14(22-13)16(20)21-2)24-17-19-9-15(23-17)11-3-5-12(18)6-4-11/h3-10H,1-2H3. The van der Waals surface area contributed by atoms with Crippen LogP contribution in [0.3, 0.4) is 0 Å². The first-order valence-corrected chi connectivity index (χ1v) is 8.01. The maximum absolute atomic E-state index is 13.0. The second kappa shape index (κ2) is 6.92. The van der Waals surface area contributed by atoms with Gasteiger partial charge >= 0.3 is 5.97 Å². The van der Waals surface area contributed by atoms with Crippen LogP contribution in [0.5, 0.6) is 0 Å². The van der Waals surface area contributed by atoms with Crippen LogP contribution >= 0.6 is 11.8 Å². The minimum absolute atomic E-state index is 0.108. The van der Waals surface area contributed by atoms with Gasteiger partial charge < -0.3 is 13.6 Å². The molecule has 1 atom stereocenters. The third-order valence-corrected chi connectivity index (χ3v) is 4.28. The van der Waals surface area contributed by atoms with E-state index in [4.69, 9.17) is 8.83 Å². The fraction of sp³-hybridized carbons (Fsp3) is 0.176. The van der Waals surface area contributed by atoms with Crippen LogP contribution in [-0.2, 0) is 4.74 Å². The first-order chi connectivity index (χ1) is 11.6. The summed E-state index contributed by atoms with van der Waals surface area (Å²) in [7, 11) is 1.30. The van der Waals surface area contributed by atoms with E-state index in [9.17, 15) is 9.18 Å². The Morgan fingerprint density at radius 3 is 2.67 bits per heavy atom. The number of ether oxygens (including phenoxy) is 1. The van der Waals surface area contributed by atoms with E-state index in [1.165, 1.54) is 31.0 Å². The summed E-state index contributed by atoms with van der Waals surface area (Å²) in [6.45, 7) is 1.91. The zero-order valence-corrected chi connectivity index (χ0v) is 13.8. The first-order valence-electron chi connectivity index (χ1n) is 7.13. The van der Waals surface area contributed by atoms with Gasteiger partial charge in [0, 0.05) is 5.56 Å². The van der Waals surface area contributed by atoms with Crippen LogP contribution in [0.1, 0.15) is 28.5 Å². The molecule has 1 unspecified atom stereocenters. The van der Waals surface area contributed by atoms with Gasteiger partial charge in [-0.1, -0.05) is 11.8 Å². The molecule has 0 aliphatic carbocycles. The van der Waals surface area contributed by atoms with Crippen molar-refractivity contribution in [1.82, 2.24) is 4.98 Å². The molecule has 3 rings (SSSR count). The predicted octanol–water partition coefficient (Wildman–Crippen LogP) is 4.71. The molecule has 0 saturated heterocycles. The number of nitrogens with zero attached hydrogens (tertiary/aromatic N) is 1. The largest absolute Gasteiger partial charge is 0.463 e. The monoisotopic (exact) mass is 347 g/mol. The average molecular weight is 347 g/mol. The Bertz CT molecular complexity index is 840. The molecule has 7 heteroatoms. The molecule has 124 valence electrons. The highest BCUT2D eigenvalue weighted by Crippen LogP contribution is 2.36. The molecule has 2 heterocycles. The number of carbonyl (C=O) groups excluding carboxylic acids is 1. The normalized spacial score (nSPS) is 12.1. The number of rotatable bonds is 5. The number of furan rings is 1. The fourth-order valence-corrected chi connectivity index (χ4v) is 2.85. The summed E-state index contributed by atoms with van der Waals surface area (Å²) in [5.74, 6) is 0.495. The highest BCUT2D eigenvalue weighted by Gasteiger charge is 2.18. The van der Waals surface area contributed by atoms with Gasteiger partial charge in [0.15, 0.2) is 5.76 Å². The van der Waals surface area contributed by atoms with E-state index >= 15 is 0 Å². The van der Waals surface area contributed by atoms with E-state index < -0.39 is 5.97 Å². The van der Waals surface area contributed by atoms with Crippen molar-refractivity contribution in [3.63, 3.8) is 0 Å².